The molecule has 1 aromatic carbocycles. The van der Waals surface area contributed by atoms with E-state index in [9.17, 15) is 26.7 Å². The maximum absolute atomic E-state index is 13.4. The van der Waals surface area contributed by atoms with E-state index in [1.807, 2.05) is 0 Å². The predicted molar refractivity (Wildman–Crippen MR) is 86.7 cm³/mol. The first-order valence-corrected chi connectivity index (χ1v) is 8.71. The molecule has 1 rings (SSSR count). The van der Waals surface area contributed by atoms with Crippen molar-refractivity contribution in [2.24, 2.45) is 0 Å². The van der Waals surface area contributed by atoms with Crippen molar-refractivity contribution in [3.8, 4) is 0 Å². The van der Waals surface area contributed by atoms with Gasteiger partial charge in [0.15, 0.2) is 23.3 Å². The van der Waals surface area contributed by atoms with Crippen LogP contribution in [-0.4, -0.2) is 5.91 Å². The number of amides is 1. The number of unbranched alkanes of at least 4 members (excludes halogenated alkanes) is 8. The summed E-state index contributed by atoms with van der Waals surface area (Å²) in [6.07, 6.45) is 9.22. The van der Waals surface area contributed by atoms with E-state index in [0.29, 0.717) is 6.42 Å². The van der Waals surface area contributed by atoms with E-state index in [1.54, 1.807) is 5.32 Å². The first kappa shape index (κ1) is 21.4. The average molecular weight is 365 g/mol. The topological polar surface area (TPSA) is 29.1 Å². The highest BCUT2D eigenvalue weighted by atomic mass is 19.2. The molecule has 142 valence electrons. The number of nitrogens with one attached hydrogen (secondary N) is 1. The Hall–Kier alpha value is -1.66. The quantitative estimate of drug-likeness (QED) is 0.214. The van der Waals surface area contributed by atoms with Gasteiger partial charge in [0, 0.05) is 6.42 Å². The van der Waals surface area contributed by atoms with Gasteiger partial charge in [-0.2, -0.15) is 0 Å². The van der Waals surface area contributed by atoms with Crippen molar-refractivity contribution in [1.82, 2.24) is 0 Å². The number of halogens is 5. The molecule has 7 heteroatoms. The van der Waals surface area contributed by atoms with E-state index in [0.717, 1.165) is 25.7 Å². The van der Waals surface area contributed by atoms with Gasteiger partial charge < -0.3 is 5.32 Å². The van der Waals surface area contributed by atoms with Gasteiger partial charge in [-0.25, -0.2) is 22.0 Å². The van der Waals surface area contributed by atoms with Gasteiger partial charge in [-0.3, -0.25) is 4.79 Å². The minimum atomic E-state index is -2.24. The van der Waals surface area contributed by atoms with Crippen LogP contribution in [0.1, 0.15) is 71.1 Å². The first-order valence-electron chi connectivity index (χ1n) is 8.71. The van der Waals surface area contributed by atoms with Crippen LogP contribution in [0.2, 0.25) is 0 Å². The number of benzene rings is 1. The summed E-state index contributed by atoms with van der Waals surface area (Å²) in [7, 11) is 0. The third-order valence-electron chi connectivity index (χ3n) is 3.98. The minimum Gasteiger partial charge on any atom is -0.321 e. The number of carbonyl (C=O) groups is 1. The fourth-order valence-electron chi connectivity index (χ4n) is 2.51. The zero-order valence-corrected chi connectivity index (χ0v) is 14.4. The molecule has 25 heavy (non-hydrogen) atoms. The first-order chi connectivity index (χ1) is 11.9. The maximum Gasteiger partial charge on any atom is 0.224 e. The normalized spacial score (nSPS) is 11.0. The van der Waals surface area contributed by atoms with E-state index in [4.69, 9.17) is 0 Å². The lowest BCUT2D eigenvalue weighted by atomic mass is 10.1. The molecule has 0 atom stereocenters. The molecule has 2 nitrogen and oxygen atoms in total. The molecule has 1 aromatic rings. The molecule has 0 heterocycles. The summed E-state index contributed by atoms with van der Waals surface area (Å²) >= 11 is 0. The van der Waals surface area contributed by atoms with Crippen LogP contribution in [0.15, 0.2) is 0 Å². The Morgan fingerprint density at radius 2 is 1.08 bits per heavy atom. The molecule has 0 unspecified atom stereocenters. The van der Waals surface area contributed by atoms with Crippen molar-refractivity contribution in [1.29, 1.82) is 0 Å². The van der Waals surface area contributed by atoms with Gasteiger partial charge in [0.1, 0.15) is 5.69 Å². The molecule has 0 aromatic heterocycles. The van der Waals surface area contributed by atoms with E-state index in [2.05, 4.69) is 6.92 Å². The molecule has 0 aliphatic carbocycles. The Bertz CT molecular complexity index is 548. The molecule has 0 saturated heterocycles. The van der Waals surface area contributed by atoms with Gasteiger partial charge in [0.25, 0.3) is 0 Å². The standard InChI is InChI=1S/C18H24F5NO/c1-2-3-4-5-6-7-8-9-10-11-12(25)24-18-16(22)14(20)13(19)15(21)17(18)23/h2-11H2,1H3,(H,24,25). The summed E-state index contributed by atoms with van der Waals surface area (Å²) in [5.74, 6) is -11.2. The van der Waals surface area contributed by atoms with Crippen LogP contribution >= 0.6 is 0 Å². The maximum atomic E-state index is 13.4. The molecule has 0 aliphatic heterocycles. The Morgan fingerprint density at radius 3 is 1.56 bits per heavy atom. The smallest absolute Gasteiger partial charge is 0.224 e. The molecule has 0 fully saturated rings. The van der Waals surface area contributed by atoms with Crippen molar-refractivity contribution in [2.45, 2.75) is 71.1 Å². The van der Waals surface area contributed by atoms with Crippen LogP contribution in [0.4, 0.5) is 27.6 Å². The molecule has 0 saturated carbocycles. The van der Waals surface area contributed by atoms with Crippen molar-refractivity contribution in [3.05, 3.63) is 29.1 Å². The highest BCUT2D eigenvalue weighted by Gasteiger charge is 2.26. The van der Waals surface area contributed by atoms with E-state index >= 15 is 0 Å². The van der Waals surface area contributed by atoms with Crippen molar-refractivity contribution in [2.75, 3.05) is 5.32 Å². The van der Waals surface area contributed by atoms with Gasteiger partial charge in [0.2, 0.25) is 11.7 Å². The summed E-state index contributed by atoms with van der Waals surface area (Å²) in [6, 6.07) is 0. The third kappa shape index (κ3) is 6.63. The molecule has 0 bridgehead atoms. The van der Waals surface area contributed by atoms with Gasteiger partial charge in [0.05, 0.1) is 0 Å². The number of hydrogen-bond donors (Lipinski definition) is 1. The minimum absolute atomic E-state index is 0.0324. The van der Waals surface area contributed by atoms with Gasteiger partial charge >= 0.3 is 0 Å². The number of hydrogen-bond acceptors (Lipinski definition) is 1. The fraction of sp³-hybridized carbons (Fsp3) is 0.611. The van der Waals surface area contributed by atoms with Crippen LogP contribution in [0, 0.1) is 29.1 Å². The SMILES string of the molecule is CCCCCCCCCCCC(=O)Nc1c(F)c(F)c(F)c(F)c1F. The zero-order chi connectivity index (χ0) is 18.8. The Morgan fingerprint density at radius 1 is 0.680 bits per heavy atom. The van der Waals surface area contributed by atoms with Gasteiger partial charge in [-0.15, -0.1) is 0 Å². The molecular weight excluding hydrogens is 341 g/mol. The van der Waals surface area contributed by atoms with Gasteiger partial charge in [-0.1, -0.05) is 58.3 Å². The second-order valence-corrected chi connectivity index (χ2v) is 6.07. The van der Waals surface area contributed by atoms with E-state index in [-0.39, 0.29) is 6.42 Å². The van der Waals surface area contributed by atoms with E-state index < -0.39 is 40.7 Å². The Labute approximate surface area is 144 Å². The van der Waals surface area contributed by atoms with Crippen LogP contribution in [0.25, 0.3) is 0 Å². The zero-order valence-electron chi connectivity index (χ0n) is 14.4. The molecular formula is C18H24F5NO. The van der Waals surface area contributed by atoms with Crippen LogP contribution < -0.4 is 5.32 Å². The monoisotopic (exact) mass is 365 g/mol. The molecule has 0 radical (unpaired) electrons. The highest BCUT2D eigenvalue weighted by molar-refractivity contribution is 5.90. The fourth-order valence-corrected chi connectivity index (χ4v) is 2.51. The van der Waals surface area contributed by atoms with Crippen molar-refractivity contribution in [3.63, 3.8) is 0 Å². The predicted octanol–water partition coefficient (Wildman–Crippen LogP) is 6.24. The summed E-state index contributed by atoms with van der Waals surface area (Å²) in [4.78, 5) is 11.6. The van der Waals surface area contributed by atoms with Gasteiger partial charge in [-0.05, 0) is 6.42 Å². The van der Waals surface area contributed by atoms with Crippen LogP contribution in [-0.2, 0) is 4.79 Å². The largest absolute Gasteiger partial charge is 0.321 e. The van der Waals surface area contributed by atoms with Crippen molar-refractivity contribution < 1.29 is 26.7 Å². The summed E-state index contributed by atoms with van der Waals surface area (Å²) in [5.41, 5.74) is -1.29. The lowest BCUT2D eigenvalue weighted by Gasteiger charge is -2.09. The molecule has 1 amide bonds. The molecule has 1 N–H and O–H groups in total. The lowest BCUT2D eigenvalue weighted by molar-refractivity contribution is -0.116. The number of rotatable bonds is 11. The van der Waals surface area contributed by atoms with Crippen LogP contribution in [0.3, 0.4) is 0 Å². The summed E-state index contributed by atoms with van der Waals surface area (Å²) < 4.78 is 65.9. The van der Waals surface area contributed by atoms with Crippen molar-refractivity contribution >= 4 is 11.6 Å². The second-order valence-electron chi connectivity index (χ2n) is 6.07. The highest BCUT2D eigenvalue weighted by Crippen LogP contribution is 2.27. The summed E-state index contributed by atoms with van der Waals surface area (Å²) in [6.45, 7) is 2.15. The Kier molecular flexibility index (Phi) is 9.45. The molecule has 0 aliphatic rings. The molecule has 0 spiro atoms. The average Bonchev–Trinajstić information content (AvgIpc) is 2.60. The van der Waals surface area contributed by atoms with E-state index in [1.165, 1.54) is 25.7 Å². The number of carbonyl (C=O) groups excluding carboxylic acids is 1. The number of anilines is 1. The second kappa shape index (κ2) is 11.1. The Balaban J connectivity index is 2.34. The van der Waals surface area contributed by atoms with Crippen LogP contribution in [0.5, 0.6) is 0 Å². The third-order valence-corrected chi connectivity index (χ3v) is 3.98. The summed E-state index contributed by atoms with van der Waals surface area (Å²) in [5, 5.41) is 1.78. The lowest BCUT2D eigenvalue weighted by Crippen LogP contribution is -2.16.